The molecule has 0 aromatic heterocycles. The van der Waals surface area contributed by atoms with Crippen LogP contribution in [-0.2, 0) is 11.2 Å². The van der Waals surface area contributed by atoms with Crippen molar-refractivity contribution in [3.63, 3.8) is 0 Å². The van der Waals surface area contributed by atoms with E-state index in [4.69, 9.17) is 14.2 Å². The van der Waals surface area contributed by atoms with Gasteiger partial charge in [0.05, 0.1) is 20.8 Å². The Morgan fingerprint density at radius 2 is 1.81 bits per heavy atom. The molecule has 0 fully saturated rings. The Bertz CT molecular complexity index is 914. The number of rotatable bonds is 12. The third-order valence-electron chi connectivity index (χ3n) is 4.72. The summed E-state index contributed by atoms with van der Waals surface area (Å²) in [6.07, 6.45) is 5.51. The quantitative estimate of drug-likeness (QED) is 0.309. The molecule has 0 unspecified atom stereocenters. The van der Waals surface area contributed by atoms with E-state index >= 15 is 0 Å². The smallest absolute Gasteiger partial charge is 0.261 e. The Hall–Kier alpha value is -3.46. The van der Waals surface area contributed by atoms with Gasteiger partial charge in [-0.2, -0.15) is 5.26 Å². The second-order valence-corrected chi connectivity index (χ2v) is 6.99. The predicted octanol–water partition coefficient (Wildman–Crippen LogP) is 4.54. The van der Waals surface area contributed by atoms with Crippen LogP contribution in [-0.4, -0.2) is 33.3 Å². The molecule has 6 heteroatoms. The molecule has 0 heterocycles. The van der Waals surface area contributed by atoms with Gasteiger partial charge in [-0.3, -0.25) is 4.79 Å². The van der Waals surface area contributed by atoms with Crippen LogP contribution in [0.15, 0.2) is 48.0 Å². The van der Waals surface area contributed by atoms with Crippen LogP contribution < -0.4 is 19.5 Å². The highest BCUT2D eigenvalue weighted by atomic mass is 16.5. The molecule has 0 spiro atoms. The molecule has 0 radical (unpaired) electrons. The second-order valence-electron chi connectivity index (χ2n) is 6.99. The van der Waals surface area contributed by atoms with Gasteiger partial charge in [0.15, 0.2) is 11.5 Å². The SMILES string of the molecule is CCCCCOc1ccc(/C=C(\C#N)C(=O)NCCc2ccc(OC)c(OC)c2)cc1. The van der Waals surface area contributed by atoms with Crippen LogP contribution in [0.2, 0.25) is 0 Å². The summed E-state index contributed by atoms with van der Waals surface area (Å²) < 4.78 is 16.2. The van der Waals surface area contributed by atoms with Gasteiger partial charge in [0, 0.05) is 6.54 Å². The van der Waals surface area contributed by atoms with Gasteiger partial charge < -0.3 is 19.5 Å². The van der Waals surface area contributed by atoms with Crippen molar-refractivity contribution in [1.29, 1.82) is 5.26 Å². The van der Waals surface area contributed by atoms with Gasteiger partial charge >= 0.3 is 0 Å². The van der Waals surface area contributed by atoms with E-state index in [2.05, 4.69) is 12.2 Å². The molecule has 1 amide bonds. The minimum atomic E-state index is -0.400. The number of methoxy groups -OCH3 is 2. The maximum atomic E-state index is 12.4. The van der Waals surface area contributed by atoms with E-state index in [9.17, 15) is 10.1 Å². The molecule has 0 saturated heterocycles. The number of nitrogens with zero attached hydrogens (tertiary/aromatic N) is 1. The summed E-state index contributed by atoms with van der Waals surface area (Å²) in [4.78, 5) is 12.4. The first-order valence-corrected chi connectivity index (χ1v) is 10.4. The third kappa shape index (κ3) is 7.71. The number of carbonyl (C=O) groups is 1. The maximum absolute atomic E-state index is 12.4. The normalized spacial score (nSPS) is 10.8. The second kappa shape index (κ2) is 13.0. The molecule has 164 valence electrons. The summed E-state index contributed by atoms with van der Waals surface area (Å²) in [5.74, 6) is 1.68. The number of unbranched alkanes of at least 4 members (excludes halogenated alkanes) is 2. The van der Waals surface area contributed by atoms with Crippen molar-refractivity contribution in [3.8, 4) is 23.3 Å². The summed E-state index contributed by atoms with van der Waals surface area (Å²) >= 11 is 0. The summed E-state index contributed by atoms with van der Waals surface area (Å²) in [6, 6.07) is 15.0. The van der Waals surface area contributed by atoms with Crippen molar-refractivity contribution >= 4 is 12.0 Å². The fourth-order valence-electron chi connectivity index (χ4n) is 2.97. The molecule has 2 rings (SSSR count). The zero-order valence-corrected chi connectivity index (χ0v) is 18.4. The van der Waals surface area contributed by atoms with Crippen LogP contribution in [0.25, 0.3) is 6.08 Å². The summed E-state index contributed by atoms with van der Waals surface area (Å²) in [6.45, 7) is 3.24. The fraction of sp³-hybridized carbons (Fsp3) is 0.360. The molecule has 0 saturated carbocycles. The molecular formula is C25H30N2O4. The van der Waals surface area contributed by atoms with Gasteiger partial charge in [0.1, 0.15) is 17.4 Å². The Morgan fingerprint density at radius 3 is 2.45 bits per heavy atom. The van der Waals surface area contributed by atoms with Crippen molar-refractivity contribution in [2.45, 2.75) is 32.6 Å². The van der Waals surface area contributed by atoms with Gasteiger partial charge in [-0.05, 0) is 54.3 Å². The van der Waals surface area contributed by atoms with Crippen molar-refractivity contribution in [2.75, 3.05) is 27.4 Å². The number of amides is 1. The monoisotopic (exact) mass is 422 g/mol. The van der Waals surface area contributed by atoms with Gasteiger partial charge in [0.2, 0.25) is 0 Å². The molecule has 6 nitrogen and oxygen atoms in total. The number of ether oxygens (including phenoxy) is 3. The van der Waals surface area contributed by atoms with E-state index in [1.54, 1.807) is 20.3 Å². The number of benzene rings is 2. The number of hydrogen-bond donors (Lipinski definition) is 1. The van der Waals surface area contributed by atoms with E-state index in [0.29, 0.717) is 31.1 Å². The average molecular weight is 423 g/mol. The zero-order chi connectivity index (χ0) is 22.5. The van der Waals surface area contributed by atoms with Crippen molar-refractivity contribution in [1.82, 2.24) is 5.32 Å². The highest BCUT2D eigenvalue weighted by molar-refractivity contribution is 6.01. The van der Waals surface area contributed by atoms with Crippen LogP contribution in [0, 0.1) is 11.3 Å². The summed E-state index contributed by atoms with van der Waals surface area (Å²) in [5, 5.41) is 12.2. The molecule has 2 aromatic carbocycles. The number of nitrogens with one attached hydrogen (secondary N) is 1. The van der Waals surface area contributed by atoms with Crippen LogP contribution in [0.3, 0.4) is 0 Å². The van der Waals surface area contributed by atoms with Crippen molar-refractivity contribution in [2.24, 2.45) is 0 Å². The third-order valence-corrected chi connectivity index (χ3v) is 4.72. The minimum Gasteiger partial charge on any atom is -0.494 e. The predicted molar refractivity (Wildman–Crippen MR) is 121 cm³/mol. The first-order valence-electron chi connectivity index (χ1n) is 10.4. The molecular weight excluding hydrogens is 392 g/mol. The van der Waals surface area contributed by atoms with Crippen molar-refractivity contribution < 1.29 is 19.0 Å². The lowest BCUT2D eigenvalue weighted by atomic mass is 10.1. The van der Waals surface area contributed by atoms with Crippen LogP contribution in [0.5, 0.6) is 17.2 Å². The molecule has 0 aliphatic carbocycles. The van der Waals surface area contributed by atoms with Crippen molar-refractivity contribution in [3.05, 3.63) is 59.2 Å². The molecule has 2 aromatic rings. The highest BCUT2D eigenvalue weighted by Crippen LogP contribution is 2.27. The van der Waals surface area contributed by atoms with E-state index in [1.165, 1.54) is 0 Å². The largest absolute Gasteiger partial charge is 0.494 e. The lowest BCUT2D eigenvalue weighted by Gasteiger charge is -2.10. The highest BCUT2D eigenvalue weighted by Gasteiger charge is 2.10. The first kappa shape index (κ1) is 23.8. The summed E-state index contributed by atoms with van der Waals surface area (Å²) in [7, 11) is 3.17. The standard InChI is InChI=1S/C25H30N2O4/c1-4-5-6-15-31-22-10-7-19(8-11-22)16-21(18-26)25(28)27-14-13-20-9-12-23(29-2)24(17-20)30-3/h7-12,16-17H,4-6,13-15H2,1-3H3,(H,27,28)/b21-16+. The minimum absolute atomic E-state index is 0.0592. The van der Waals surface area contributed by atoms with E-state index < -0.39 is 5.91 Å². The lowest BCUT2D eigenvalue weighted by molar-refractivity contribution is -0.117. The van der Waals surface area contributed by atoms with E-state index in [1.807, 2.05) is 48.5 Å². The topological polar surface area (TPSA) is 80.6 Å². The molecule has 31 heavy (non-hydrogen) atoms. The van der Waals surface area contributed by atoms with Gasteiger partial charge in [-0.25, -0.2) is 0 Å². The van der Waals surface area contributed by atoms with Gasteiger partial charge in [-0.1, -0.05) is 38.0 Å². The molecule has 0 atom stereocenters. The van der Waals surface area contributed by atoms with Gasteiger partial charge in [-0.15, -0.1) is 0 Å². The van der Waals surface area contributed by atoms with Crippen LogP contribution in [0.4, 0.5) is 0 Å². The lowest BCUT2D eigenvalue weighted by Crippen LogP contribution is -2.26. The van der Waals surface area contributed by atoms with Crippen LogP contribution in [0.1, 0.15) is 37.3 Å². The molecule has 1 N–H and O–H groups in total. The Kier molecular flexibility index (Phi) is 9.96. The zero-order valence-electron chi connectivity index (χ0n) is 18.4. The average Bonchev–Trinajstić information content (AvgIpc) is 2.80. The maximum Gasteiger partial charge on any atom is 0.261 e. The summed E-state index contributed by atoms with van der Waals surface area (Å²) in [5.41, 5.74) is 1.83. The Balaban J connectivity index is 1.90. The van der Waals surface area contributed by atoms with Crippen LogP contribution >= 0.6 is 0 Å². The Morgan fingerprint density at radius 1 is 1.06 bits per heavy atom. The first-order chi connectivity index (χ1) is 15.1. The van der Waals surface area contributed by atoms with E-state index in [-0.39, 0.29) is 5.57 Å². The number of carbonyl (C=O) groups excluding carboxylic acids is 1. The van der Waals surface area contributed by atoms with E-state index in [0.717, 1.165) is 36.1 Å². The van der Waals surface area contributed by atoms with Gasteiger partial charge in [0.25, 0.3) is 5.91 Å². The number of hydrogen-bond acceptors (Lipinski definition) is 5. The molecule has 0 bridgehead atoms. The fourth-order valence-corrected chi connectivity index (χ4v) is 2.97. The molecule has 0 aliphatic heterocycles. The molecule has 0 aliphatic rings. The number of nitriles is 1. The Labute approximate surface area is 184 Å².